The minimum atomic E-state index is -0.249. The first kappa shape index (κ1) is 15.1. The van der Waals surface area contributed by atoms with E-state index >= 15 is 0 Å². The molecule has 0 bridgehead atoms. The van der Waals surface area contributed by atoms with E-state index in [1.165, 1.54) is 0 Å². The molecule has 0 amide bonds. The lowest BCUT2D eigenvalue weighted by Crippen LogP contribution is -2.25. The fourth-order valence-electron chi connectivity index (χ4n) is 2.15. The quantitative estimate of drug-likeness (QED) is 0.578. The van der Waals surface area contributed by atoms with Crippen LogP contribution in [0.2, 0.25) is 0 Å². The van der Waals surface area contributed by atoms with Crippen LogP contribution < -0.4 is 4.74 Å². The summed E-state index contributed by atoms with van der Waals surface area (Å²) in [7, 11) is 0. The molecule has 0 atom stereocenters. The highest BCUT2D eigenvalue weighted by atomic mass is 16.7. The van der Waals surface area contributed by atoms with Crippen LogP contribution in [0, 0.1) is 5.92 Å². The second-order valence-corrected chi connectivity index (χ2v) is 5.06. The van der Waals surface area contributed by atoms with E-state index in [-0.39, 0.29) is 6.29 Å². The Morgan fingerprint density at radius 3 is 2.50 bits per heavy atom. The number of hydrogen-bond acceptors (Lipinski definition) is 3. The largest absolute Gasteiger partial charge is 0.494 e. The smallest absolute Gasteiger partial charge is 0.183 e. The number of benzene rings is 1. The van der Waals surface area contributed by atoms with E-state index in [1.807, 2.05) is 37.3 Å². The molecule has 1 aliphatic rings. The maximum absolute atomic E-state index is 5.75. The molecular weight excluding hydrogens is 252 g/mol. The van der Waals surface area contributed by atoms with Crippen LogP contribution in [0.4, 0.5) is 0 Å². The Bertz CT molecular complexity index is 403. The van der Waals surface area contributed by atoms with Gasteiger partial charge in [0.05, 0.1) is 19.8 Å². The number of allylic oxidation sites excluding steroid dienone is 1. The highest BCUT2D eigenvalue weighted by molar-refractivity contribution is 5.28. The van der Waals surface area contributed by atoms with E-state index in [0.29, 0.717) is 19.1 Å². The van der Waals surface area contributed by atoms with Crippen molar-refractivity contribution in [3.8, 4) is 5.75 Å². The molecule has 20 heavy (non-hydrogen) atoms. The summed E-state index contributed by atoms with van der Waals surface area (Å²) in [6.45, 7) is 6.37. The molecule has 3 heteroatoms. The highest BCUT2D eigenvalue weighted by Crippen LogP contribution is 2.27. The van der Waals surface area contributed by atoms with Crippen LogP contribution in [0.3, 0.4) is 0 Å². The molecule has 3 nitrogen and oxygen atoms in total. The first-order valence-corrected chi connectivity index (χ1v) is 7.42. The zero-order chi connectivity index (χ0) is 14.2. The predicted molar refractivity (Wildman–Crippen MR) is 79.8 cm³/mol. The van der Waals surface area contributed by atoms with Crippen molar-refractivity contribution in [3.63, 3.8) is 0 Å². The Kier molecular flexibility index (Phi) is 6.09. The van der Waals surface area contributed by atoms with E-state index in [0.717, 1.165) is 30.8 Å². The average molecular weight is 276 g/mol. The van der Waals surface area contributed by atoms with Gasteiger partial charge < -0.3 is 14.2 Å². The summed E-state index contributed by atoms with van der Waals surface area (Å²) in [6, 6.07) is 8.00. The minimum Gasteiger partial charge on any atom is -0.494 e. The fourth-order valence-corrected chi connectivity index (χ4v) is 2.15. The van der Waals surface area contributed by atoms with Crippen LogP contribution in [0.5, 0.6) is 5.75 Å². The maximum Gasteiger partial charge on any atom is 0.183 e. The standard InChI is InChI=1S/C17H24O3/c1-3-5-11-18-16-9-7-15(8-10-16)17-19-12-14(6-4-2)13-20-17/h4,6-10,14,17H,3,5,11-13H2,1-2H3/t14-,17-. The maximum atomic E-state index is 5.75. The number of rotatable bonds is 6. The molecule has 0 radical (unpaired) electrons. The first-order valence-electron chi connectivity index (χ1n) is 7.42. The van der Waals surface area contributed by atoms with Crippen LogP contribution >= 0.6 is 0 Å². The summed E-state index contributed by atoms with van der Waals surface area (Å²) in [5, 5.41) is 0. The van der Waals surface area contributed by atoms with E-state index in [4.69, 9.17) is 14.2 Å². The molecule has 1 heterocycles. The van der Waals surface area contributed by atoms with E-state index in [2.05, 4.69) is 13.0 Å². The highest BCUT2D eigenvalue weighted by Gasteiger charge is 2.21. The van der Waals surface area contributed by atoms with Gasteiger partial charge in [-0.1, -0.05) is 37.6 Å². The van der Waals surface area contributed by atoms with Crippen molar-refractivity contribution in [2.45, 2.75) is 33.0 Å². The van der Waals surface area contributed by atoms with Crippen LogP contribution in [-0.4, -0.2) is 19.8 Å². The monoisotopic (exact) mass is 276 g/mol. The minimum absolute atomic E-state index is 0.249. The van der Waals surface area contributed by atoms with Gasteiger partial charge >= 0.3 is 0 Å². The molecule has 0 saturated carbocycles. The van der Waals surface area contributed by atoms with Crippen molar-refractivity contribution in [2.24, 2.45) is 5.92 Å². The summed E-state index contributed by atoms with van der Waals surface area (Å²) in [5.74, 6) is 1.28. The van der Waals surface area contributed by atoms with Crippen molar-refractivity contribution in [2.75, 3.05) is 19.8 Å². The van der Waals surface area contributed by atoms with Gasteiger partial charge in [0.2, 0.25) is 0 Å². The Balaban J connectivity index is 1.84. The van der Waals surface area contributed by atoms with Gasteiger partial charge in [-0.15, -0.1) is 0 Å². The topological polar surface area (TPSA) is 27.7 Å². The zero-order valence-electron chi connectivity index (χ0n) is 12.4. The van der Waals surface area contributed by atoms with E-state index < -0.39 is 0 Å². The molecule has 0 unspecified atom stereocenters. The van der Waals surface area contributed by atoms with Crippen LogP contribution in [-0.2, 0) is 9.47 Å². The van der Waals surface area contributed by atoms with Crippen molar-refractivity contribution in [1.82, 2.24) is 0 Å². The Labute approximate surface area is 121 Å². The molecule has 110 valence electrons. The number of hydrogen-bond donors (Lipinski definition) is 0. The molecule has 0 aliphatic carbocycles. The molecule has 1 aliphatic heterocycles. The molecule has 2 rings (SSSR count). The fraction of sp³-hybridized carbons (Fsp3) is 0.529. The van der Waals surface area contributed by atoms with Gasteiger partial charge in [-0.25, -0.2) is 0 Å². The van der Waals surface area contributed by atoms with Crippen LogP contribution in [0.1, 0.15) is 38.5 Å². The number of unbranched alkanes of at least 4 members (excludes halogenated alkanes) is 1. The predicted octanol–water partition coefficient (Wildman–Crippen LogP) is 4.10. The lowest BCUT2D eigenvalue weighted by atomic mass is 10.1. The van der Waals surface area contributed by atoms with Gasteiger partial charge in [0.1, 0.15) is 5.75 Å². The van der Waals surface area contributed by atoms with Crippen LogP contribution in [0.25, 0.3) is 0 Å². The van der Waals surface area contributed by atoms with E-state index in [9.17, 15) is 0 Å². The third-order valence-corrected chi connectivity index (χ3v) is 3.31. The summed E-state index contributed by atoms with van der Waals surface area (Å²) >= 11 is 0. The summed E-state index contributed by atoms with van der Waals surface area (Å²) < 4.78 is 17.2. The lowest BCUT2D eigenvalue weighted by Gasteiger charge is -2.28. The van der Waals surface area contributed by atoms with Crippen molar-refractivity contribution in [1.29, 1.82) is 0 Å². The molecule has 1 aromatic rings. The summed E-state index contributed by atoms with van der Waals surface area (Å²) in [6.07, 6.45) is 6.15. The second-order valence-electron chi connectivity index (χ2n) is 5.06. The van der Waals surface area contributed by atoms with Gasteiger partial charge in [-0.05, 0) is 25.5 Å². The first-order chi connectivity index (χ1) is 9.83. The average Bonchev–Trinajstić information content (AvgIpc) is 2.49. The SMILES string of the molecule is CC=C[C@H]1CO[C@H](c2ccc(OCCCC)cc2)OC1. The Hall–Kier alpha value is -1.32. The van der Waals surface area contributed by atoms with Crippen molar-refractivity contribution >= 4 is 0 Å². The van der Waals surface area contributed by atoms with E-state index in [1.54, 1.807) is 0 Å². The Morgan fingerprint density at radius 1 is 1.20 bits per heavy atom. The van der Waals surface area contributed by atoms with Gasteiger partial charge in [-0.3, -0.25) is 0 Å². The van der Waals surface area contributed by atoms with Crippen LogP contribution in [0.15, 0.2) is 36.4 Å². The summed E-state index contributed by atoms with van der Waals surface area (Å²) in [4.78, 5) is 0. The molecule has 1 saturated heterocycles. The lowest BCUT2D eigenvalue weighted by molar-refractivity contribution is -0.197. The normalized spacial score (nSPS) is 23.1. The molecule has 0 spiro atoms. The second kappa shape index (κ2) is 8.08. The summed E-state index contributed by atoms with van der Waals surface area (Å²) in [5.41, 5.74) is 1.05. The van der Waals surface area contributed by atoms with Gasteiger partial charge in [-0.2, -0.15) is 0 Å². The van der Waals surface area contributed by atoms with Gasteiger partial charge in [0, 0.05) is 11.5 Å². The molecule has 1 fully saturated rings. The van der Waals surface area contributed by atoms with Crippen molar-refractivity contribution < 1.29 is 14.2 Å². The third-order valence-electron chi connectivity index (χ3n) is 3.31. The molecule has 0 aromatic heterocycles. The van der Waals surface area contributed by atoms with Gasteiger partial charge in [0.15, 0.2) is 6.29 Å². The molecular formula is C17H24O3. The zero-order valence-corrected chi connectivity index (χ0v) is 12.4. The van der Waals surface area contributed by atoms with Crippen molar-refractivity contribution in [3.05, 3.63) is 42.0 Å². The Morgan fingerprint density at radius 2 is 1.90 bits per heavy atom. The van der Waals surface area contributed by atoms with Gasteiger partial charge in [0.25, 0.3) is 0 Å². The number of ether oxygens (including phenoxy) is 3. The third kappa shape index (κ3) is 4.36. The molecule has 1 aromatic carbocycles. The molecule has 0 N–H and O–H groups in total.